The summed E-state index contributed by atoms with van der Waals surface area (Å²) in [6.07, 6.45) is -3.32. The molecule has 0 N–H and O–H groups in total. The third kappa shape index (κ3) is 5.00. The van der Waals surface area contributed by atoms with E-state index in [1.54, 1.807) is 60.7 Å². The summed E-state index contributed by atoms with van der Waals surface area (Å²) >= 11 is 0. The number of esters is 3. The average molecular weight is 398 g/mol. The van der Waals surface area contributed by atoms with E-state index in [2.05, 4.69) is 0 Å². The van der Waals surface area contributed by atoms with Gasteiger partial charge in [0.15, 0.2) is 6.10 Å². The SMILES string of the molecule is CC[C@H]1O[C@@H](OC(C)=O)[C@H](OC(=O)c2ccccc2)[C@@H]1OC(=O)c1ccccc1. The third-order valence-corrected chi connectivity index (χ3v) is 4.46. The van der Waals surface area contributed by atoms with E-state index in [1.807, 2.05) is 6.92 Å². The van der Waals surface area contributed by atoms with Crippen LogP contribution in [0.2, 0.25) is 0 Å². The van der Waals surface area contributed by atoms with Gasteiger partial charge in [-0.2, -0.15) is 0 Å². The Bertz CT molecular complexity index is 850. The second kappa shape index (κ2) is 9.34. The first-order valence-electron chi connectivity index (χ1n) is 9.34. The summed E-state index contributed by atoms with van der Waals surface area (Å²) in [5, 5.41) is 0. The van der Waals surface area contributed by atoms with E-state index in [4.69, 9.17) is 18.9 Å². The van der Waals surface area contributed by atoms with Gasteiger partial charge in [-0.3, -0.25) is 4.79 Å². The average Bonchev–Trinajstić information content (AvgIpc) is 3.04. The predicted octanol–water partition coefficient (Wildman–Crippen LogP) is 3.14. The van der Waals surface area contributed by atoms with Crippen LogP contribution in [-0.4, -0.2) is 42.5 Å². The quantitative estimate of drug-likeness (QED) is 0.546. The molecule has 2 aromatic rings. The van der Waals surface area contributed by atoms with Crippen molar-refractivity contribution < 1.29 is 33.3 Å². The highest BCUT2D eigenvalue weighted by atomic mass is 16.7. The summed E-state index contributed by atoms with van der Waals surface area (Å²) in [6, 6.07) is 16.8. The van der Waals surface area contributed by atoms with Crippen molar-refractivity contribution in [1.29, 1.82) is 0 Å². The fourth-order valence-electron chi connectivity index (χ4n) is 3.08. The van der Waals surface area contributed by atoms with Crippen LogP contribution < -0.4 is 0 Å². The Morgan fingerprint density at radius 3 is 1.72 bits per heavy atom. The zero-order valence-corrected chi connectivity index (χ0v) is 16.1. The van der Waals surface area contributed by atoms with Gasteiger partial charge in [0.1, 0.15) is 6.10 Å². The third-order valence-electron chi connectivity index (χ3n) is 4.46. The van der Waals surface area contributed by atoms with Crippen LogP contribution in [0.25, 0.3) is 0 Å². The molecule has 0 unspecified atom stereocenters. The van der Waals surface area contributed by atoms with Crippen LogP contribution in [0.5, 0.6) is 0 Å². The van der Waals surface area contributed by atoms with Crippen LogP contribution >= 0.6 is 0 Å². The molecule has 7 heteroatoms. The van der Waals surface area contributed by atoms with E-state index in [0.29, 0.717) is 17.5 Å². The van der Waals surface area contributed by atoms with Gasteiger partial charge in [0.05, 0.1) is 11.1 Å². The Labute approximate surface area is 168 Å². The van der Waals surface area contributed by atoms with E-state index in [1.165, 1.54) is 6.92 Å². The Morgan fingerprint density at radius 1 is 0.793 bits per heavy atom. The van der Waals surface area contributed by atoms with Crippen LogP contribution in [-0.2, 0) is 23.7 Å². The Hall–Kier alpha value is -3.19. The van der Waals surface area contributed by atoms with Crippen molar-refractivity contribution >= 4 is 17.9 Å². The molecule has 0 saturated carbocycles. The molecule has 1 heterocycles. The topological polar surface area (TPSA) is 88.1 Å². The van der Waals surface area contributed by atoms with Crippen LogP contribution in [0.1, 0.15) is 41.0 Å². The number of rotatable bonds is 6. The fourth-order valence-corrected chi connectivity index (χ4v) is 3.08. The molecular formula is C22H22O7. The molecule has 1 aliphatic rings. The van der Waals surface area contributed by atoms with Gasteiger partial charge in [-0.1, -0.05) is 43.3 Å². The summed E-state index contributed by atoms with van der Waals surface area (Å²) in [7, 11) is 0. The molecule has 1 aliphatic heterocycles. The first-order chi connectivity index (χ1) is 14.0. The summed E-state index contributed by atoms with van der Waals surface area (Å²) in [5.41, 5.74) is 0.675. The largest absolute Gasteiger partial charge is 0.452 e. The lowest BCUT2D eigenvalue weighted by atomic mass is 10.1. The lowest BCUT2D eigenvalue weighted by Crippen LogP contribution is -2.41. The number of carbonyl (C=O) groups is 3. The first-order valence-corrected chi connectivity index (χ1v) is 9.34. The second-order valence-electron chi connectivity index (χ2n) is 6.53. The normalized spacial score (nSPS) is 23.2. The monoisotopic (exact) mass is 398 g/mol. The predicted molar refractivity (Wildman–Crippen MR) is 102 cm³/mol. The van der Waals surface area contributed by atoms with Crippen molar-refractivity contribution in [3.63, 3.8) is 0 Å². The molecule has 3 rings (SSSR count). The Morgan fingerprint density at radius 2 is 1.28 bits per heavy atom. The van der Waals surface area contributed by atoms with Crippen LogP contribution in [0.4, 0.5) is 0 Å². The molecule has 29 heavy (non-hydrogen) atoms. The molecule has 0 amide bonds. The van der Waals surface area contributed by atoms with E-state index >= 15 is 0 Å². The molecular weight excluding hydrogens is 376 g/mol. The highest BCUT2D eigenvalue weighted by Gasteiger charge is 2.50. The van der Waals surface area contributed by atoms with Gasteiger partial charge in [0.25, 0.3) is 0 Å². The molecule has 0 aromatic heterocycles. The van der Waals surface area contributed by atoms with Crippen LogP contribution in [0, 0.1) is 0 Å². The minimum atomic E-state index is -1.17. The second-order valence-corrected chi connectivity index (χ2v) is 6.53. The number of carbonyl (C=O) groups excluding carboxylic acids is 3. The number of hydrogen-bond donors (Lipinski definition) is 0. The minimum absolute atomic E-state index is 0.321. The maximum Gasteiger partial charge on any atom is 0.338 e. The molecule has 0 bridgehead atoms. The molecule has 2 aromatic carbocycles. The van der Waals surface area contributed by atoms with Gasteiger partial charge >= 0.3 is 17.9 Å². The Balaban J connectivity index is 1.83. The molecule has 0 spiro atoms. The molecule has 152 valence electrons. The highest BCUT2D eigenvalue weighted by Crippen LogP contribution is 2.31. The fraction of sp³-hybridized carbons (Fsp3) is 0.318. The number of ether oxygens (including phenoxy) is 4. The van der Waals surface area contributed by atoms with E-state index in [-0.39, 0.29) is 0 Å². The van der Waals surface area contributed by atoms with E-state index in [0.717, 1.165) is 0 Å². The van der Waals surface area contributed by atoms with Gasteiger partial charge in [-0.25, -0.2) is 9.59 Å². The smallest absolute Gasteiger partial charge is 0.338 e. The molecule has 1 saturated heterocycles. The zero-order chi connectivity index (χ0) is 20.8. The standard InChI is InChI=1S/C22H22O7/c1-3-17-18(28-20(24)15-10-6-4-7-11-15)19(22(27-17)26-14(2)23)29-21(25)16-12-8-5-9-13-16/h4-13,17-19,22H,3H2,1-2H3/t17-,18-,19-,22-/m1/s1. The van der Waals surface area contributed by atoms with Gasteiger partial charge in [-0.15, -0.1) is 0 Å². The van der Waals surface area contributed by atoms with Crippen molar-refractivity contribution in [3.05, 3.63) is 71.8 Å². The van der Waals surface area contributed by atoms with Crippen molar-refractivity contribution in [2.75, 3.05) is 0 Å². The lowest BCUT2D eigenvalue weighted by Gasteiger charge is -2.23. The van der Waals surface area contributed by atoms with Crippen molar-refractivity contribution in [2.24, 2.45) is 0 Å². The van der Waals surface area contributed by atoms with E-state index < -0.39 is 42.5 Å². The molecule has 0 radical (unpaired) electrons. The minimum Gasteiger partial charge on any atom is -0.452 e. The van der Waals surface area contributed by atoms with Crippen molar-refractivity contribution in [1.82, 2.24) is 0 Å². The zero-order valence-electron chi connectivity index (χ0n) is 16.1. The highest BCUT2D eigenvalue weighted by molar-refractivity contribution is 5.90. The van der Waals surface area contributed by atoms with Gasteiger partial charge in [0, 0.05) is 6.92 Å². The summed E-state index contributed by atoms with van der Waals surface area (Å²) in [5.74, 6) is -1.81. The Kier molecular flexibility index (Phi) is 6.61. The lowest BCUT2D eigenvalue weighted by molar-refractivity contribution is -0.186. The van der Waals surface area contributed by atoms with Gasteiger partial charge in [-0.05, 0) is 30.7 Å². The number of hydrogen-bond acceptors (Lipinski definition) is 7. The van der Waals surface area contributed by atoms with Gasteiger partial charge < -0.3 is 18.9 Å². The molecule has 1 fully saturated rings. The molecule has 0 aliphatic carbocycles. The number of benzene rings is 2. The van der Waals surface area contributed by atoms with Crippen LogP contribution in [0.15, 0.2) is 60.7 Å². The first kappa shape index (κ1) is 20.5. The van der Waals surface area contributed by atoms with Crippen molar-refractivity contribution in [2.45, 2.75) is 44.9 Å². The summed E-state index contributed by atoms with van der Waals surface area (Å²) < 4.78 is 22.1. The summed E-state index contributed by atoms with van der Waals surface area (Å²) in [4.78, 5) is 36.6. The molecule has 4 atom stereocenters. The summed E-state index contributed by atoms with van der Waals surface area (Å²) in [6.45, 7) is 3.06. The maximum atomic E-state index is 12.6. The maximum absolute atomic E-state index is 12.6. The van der Waals surface area contributed by atoms with Crippen molar-refractivity contribution in [3.8, 4) is 0 Å². The van der Waals surface area contributed by atoms with Gasteiger partial charge in [0.2, 0.25) is 12.4 Å². The molecule has 7 nitrogen and oxygen atoms in total. The van der Waals surface area contributed by atoms with E-state index in [9.17, 15) is 14.4 Å². The van der Waals surface area contributed by atoms with Crippen LogP contribution in [0.3, 0.4) is 0 Å².